The van der Waals surface area contributed by atoms with Crippen molar-refractivity contribution in [2.45, 2.75) is 26.8 Å². The van der Waals surface area contributed by atoms with Gasteiger partial charge in [0.1, 0.15) is 0 Å². The zero-order valence-corrected chi connectivity index (χ0v) is 9.02. The Kier molecular flexibility index (Phi) is 3.05. The minimum Gasteiger partial charge on any atom is -0.394 e. The number of nitrogens with one attached hydrogen (secondary N) is 1. The molecule has 0 aromatic carbocycles. The number of nitrogens with zero attached hydrogens (tertiary/aromatic N) is 4. The molecule has 6 heteroatoms. The zero-order chi connectivity index (χ0) is 10.8. The van der Waals surface area contributed by atoms with E-state index < -0.39 is 0 Å². The van der Waals surface area contributed by atoms with E-state index >= 15 is 0 Å². The molecule has 0 saturated heterocycles. The Morgan fingerprint density at radius 2 is 2.14 bits per heavy atom. The number of aliphatic hydroxyl groups excluding tert-OH is 1. The molecule has 0 aliphatic rings. The van der Waals surface area contributed by atoms with Crippen molar-refractivity contribution in [1.82, 2.24) is 20.2 Å². The topological polar surface area (TPSA) is 75.9 Å². The summed E-state index contributed by atoms with van der Waals surface area (Å²) in [7, 11) is 1.75. The van der Waals surface area contributed by atoms with E-state index in [9.17, 15) is 5.11 Å². The van der Waals surface area contributed by atoms with Crippen LogP contribution in [0.2, 0.25) is 0 Å². The molecule has 0 spiro atoms. The molecule has 1 aromatic rings. The van der Waals surface area contributed by atoms with Gasteiger partial charge in [0.25, 0.3) is 0 Å². The number of rotatable bonds is 3. The second kappa shape index (κ2) is 3.91. The summed E-state index contributed by atoms with van der Waals surface area (Å²) in [5.41, 5.74) is -0.0410. The first-order chi connectivity index (χ1) is 6.45. The normalized spacial score (nSPS) is 14.1. The molecule has 0 amide bonds. The van der Waals surface area contributed by atoms with Crippen molar-refractivity contribution < 1.29 is 5.11 Å². The van der Waals surface area contributed by atoms with Gasteiger partial charge in [0.05, 0.1) is 12.6 Å². The van der Waals surface area contributed by atoms with Crippen molar-refractivity contribution in [3.63, 3.8) is 0 Å². The number of hydrogen-bond acceptors (Lipinski definition) is 5. The van der Waals surface area contributed by atoms with Crippen LogP contribution in [0.4, 0.5) is 5.95 Å². The van der Waals surface area contributed by atoms with Crippen molar-refractivity contribution in [3.8, 4) is 0 Å². The van der Waals surface area contributed by atoms with Gasteiger partial charge in [-0.1, -0.05) is 25.9 Å². The molecule has 0 saturated carbocycles. The van der Waals surface area contributed by atoms with E-state index in [1.807, 2.05) is 20.8 Å². The van der Waals surface area contributed by atoms with E-state index in [0.29, 0.717) is 5.95 Å². The van der Waals surface area contributed by atoms with Crippen molar-refractivity contribution in [3.05, 3.63) is 0 Å². The van der Waals surface area contributed by atoms with Crippen LogP contribution >= 0.6 is 0 Å². The van der Waals surface area contributed by atoms with Gasteiger partial charge in [-0.05, 0) is 15.8 Å². The van der Waals surface area contributed by atoms with Gasteiger partial charge in [-0.25, -0.2) is 4.68 Å². The van der Waals surface area contributed by atoms with Gasteiger partial charge < -0.3 is 10.4 Å². The van der Waals surface area contributed by atoms with Crippen LogP contribution in [0.25, 0.3) is 0 Å². The monoisotopic (exact) mass is 199 g/mol. The Labute approximate surface area is 83.3 Å². The minimum atomic E-state index is -0.0628. The lowest BCUT2D eigenvalue weighted by molar-refractivity contribution is 0.201. The SMILES string of the molecule is Cn1nnnc1NC(CO)C(C)(C)C. The van der Waals surface area contributed by atoms with E-state index in [-0.39, 0.29) is 18.1 Å². The molecule has 0 aliphatic carbocycles. The number of aryl methyl sites for hydroxylation is 1. The first-order valence-electron chi connectivity index (χ1n) is 4.55. The van der Waals surface area contributed by atoms with Gasteiger partial charge in [-0.15, -0.1) is 0 Å². The van der Waals surface area contributed by atoms with Crippen LogP contribution in [0.5, 0.6) is 0 Å². The van der Waals surface area contributed by atoms with E-state index in [4.69, 9.17) is 0 Å². The second-order valence-corrected chi connectivity index (χ2v) is 4.37. The molecule has 2 N–H and O–H groups in total. The fourth-order valence-electron chi connectivity index (χ4n) is 1.04. The summed E-state index contributed by atoms with van der Waals surface area (Å²) in [5.74, 6) is 0.568. The summed E-state index contributed by atoms with van der Waals surface area (Å²) >= 11 is 0. The summed E-state index contributed by atoms with van der Waals surface area (Å²) in [6.07, 6.45) is 0. The fraction of sp³-hybridized carbons (Fsp3) is 0.875. The molecule has 6 nitrogen and oxygen atoms in total. The highest BCUT2D eigenvalue weighted by Gasteiger charge is 2.24. The molecular formula is C8H17N5O. The zero-order valence-electron chi connectivity index (χ0n) is 9.02. The molecule has 0 radical (unpaired) electrons. The number of aromatic nitrogens is 4. The molecule has 0 bridgehead atoms. The molecule has 80 valence electrons. The third kappa shape index (κ3) is 2.41. The van der Waals surface area contributed by atoms with Crippen molar-refractivity contribution in [2.75, 3.05) is 11.9 Å². The van der Waals surface area contributed by atoms with Crippen LogP contribution in [0.15, 0.2) is 0 Å². The second-order valence-electron chi connectivity index (χ2n) is 4.37. The maximum Gasteiger partial charge on any atom is 0.242 e. The third-order valence-electron chi connectivity index (χ3n) is 2.15. The van der Waals surface area contributed by atoms with Crippen LogP contribution in [-0.4, -0.2) is 38.0 Å². The summed E-state index contributed by atoms with van der Waals surface area (Å²) in [6, 6.07) is -0.0628. The highest BCUT2D eigenvalue weighted by Crippen LogP contribution is 2.21. The lowest BCUT2D eigenvalue weighted by Gasteiger charge is -2.29. The Morgan fingerprint density at radius 1 is 1.50 bits per heavy atom. The van der Waals surface area contributed by atoms with Gasteiger partial charge in [-0.2, -0.15) is 0 Å². The Hall–Kier alpha value is -1.17. The average Bonchev–Trinajstić information content (AvgIpc) is 2.45. The third-order valence-corrected chi connectivity index (χ3v) is 2.15. The molecule has 1 aromatic heterocycles. The molecule has 1 unspecified atom stereocenters. The average molecular weight is 199 g/mol. The molecule has 1 heterocycles. The van der Waals surface area contributed by atoms with Crippen LogP contribution in [0.1, 0.15) is 20.8 Å². The number of aliphatic hydroxyl groups is 1. The number of anilines is 1. The fourth-order valence-corrected chi connectivity index (χ4v) is 1.04. The van der Waals surface area contributed by atoms with Gasteiger partial charge in [0, 0.05) is 7.05 Å². The minimum absolute atomic E-state index is 0.0410. The first-order valence-corrected chi connectivity index (χ1v) is 4.55. The Morgan fingerprint density at radius 3 is 2.50 bits per heavy atom. The van der Waals surface area contributed by atoms with Gasteiger partial charge in [0.2, 0.25) is 5.95 Å². The highest BCUT2D eigenvalue weighted by molar-refractivity contribution is 5.24. The maximum absolute atomic E-state index is 9.21. The summed E-state index contributed by atoms with van der Waals surface area (Å²) in [4.78, 5) is 0. The summed E-state index contributed by atoms with van der Waals surface area (Å²) < 4.78 is 1.54. The van der Waals surface area contributed by atoms with Crippen LogP contribution in [0.3, 0.4) is 0 Å². The van der Waals surface area contributed by atoms with Crippen LogP contribution in [0, 0.1) is 5.41 Å². The smallest absolute Gasteiger partial charge is 0.242 e. The maximum atomic E-state index is 9.21. The number of tetrazole rings is 1. The van der Waals surface area contributed by atoms with Crippen LogP contribution < -0.4 is 5.32 Å². The van der Waals surface area contributed by atoms with Crippen molar-refractivity contribution in [2.24, 2.45) is 12.5 Å². The van der Waals surface area contributed by atoms with E-state index in [1.165, 1.54) is 4.68 Å². The Balaban J connectivity index is 2.71. The van der Waals surface area contributed by atoms with Crippen LogP contribution in [-0.2, 0) is 7.05 Å². The Bertz CT molecular complexity index is 290. The molecular weight excluding hydrogens is 182 g/mol. The predicted octanol–water partition coefficient (Wildman–Crippen LogP) is 0.0290. The highest BCUT2D eigenvalue weighted by atomic mass is 16.3. The lowest BCUT2D eigenvalue weighted by atomic mass is 9.87. The molecule has 0 fully saturated rings. The van der Waals surface area contributed by atoms with E-state index in [0.717, 1.165) is 0 Å². The largest absolute Gasteiger partial charge is 0.394 e. The quantitative estimate of drug-likeness (QED) is 0.718. The molecule has 1 rings (SSSR count). The molecule has 1 atom stereocenters. The summed E-state index contributed by atoms with van der Waals surface area (Å²) in [6.45, 7) is 6.19. The first kappa shape index (κ1) is 10.9. The van der Waals surface area contributed by atoms with Crippen molar-refractivity contribution >= 4 is 5.95 Å². The predicted molar refractivity (Wildman–Crippen MR) is 52.7 cm³/mol. The van der Waals surface area contributed by atoms with E-state index in [2.05, 4.69) is 20.8 Å². The van der Waals surface area contributed by atoms with Gasteiger partial charge in [-0.3, -0.25) is 0 Å². The standard InChI is InChI=1S/C8H17N5O/c1-8(2,3)6(5-14)9-7-10-11-12-13(7)4/h6,14H,5H2,1-4H3,(H,9,10,12). The molecule has 0 aliphatic heterocycles. The van der Waals surface area contributed by atoms with Gasteiger partial charge >= 0.3 is 0 Å². The van der Waals surface area contributed by atoms with E-state index in [1.54, 1.807) is 7.05 Å². The van der Waals surface area contributed by atoms with Crippen molar-refractivity contribution in [1.29, 1.82) is 0 Å². The summed E-state index contributed by atoms with van der Waals surface area (Å²) in [5, 5.41) is 23.3. The van der Waals surface area contributed by atoms with Gasteiger partial charge in [0.15, 0.2) is 0 Å². The lowest BCUT2D eigenvalue weighted by Crippen LogP contribution is -2.38. The number of hydrogen-bond donors (Lipinski definition) is 2. The molecule has 14 heavy (non-hydrogen) atoms.